The van der Waals surface area contributed by atoms with Crippen molar-refractivity contribution < 1.29 is 28.0 Å². The summed E-state index contributed by atoms with van der Waals surface area (Å²) in [5, 5.41) is 3.89. The van der Waals surface area contributed by atoms with Crippen LogP contribution >= 0.6 is 0 Å². The number of aromatic nitrogens is 2. The van der Waals surface area contributed by atoms with Crippen LogP contribution in [0.15, 0.2) is 53.1 Å². The molecule has 0 N–H and O–H groups in total. The van der Waals surface area contributed by atoms with Gasteiger partial charge >= 0.3 is 0 Å². The van der Waals surface area contributed by atoms with Crippen LogP contribution in [-0.4, -0.2) is 70.6 Å². The lowest BCUT2D eigenvalue weighted by Gasteiger charge is -2.37. The highest BCUT2D eigenvalue weighted by molar-refractivity contribution is 5.82. The van der Waals surface area contributed by atoms with Crippen LogP contribution < -0.4 is 9.47 Å². The molecule has 0 spiro atoms. The molecule has 2 aromatic carbocycles. The van der Waals surface area contributed by atoms with Crippen molar-refractivity contribution in [3.63, 3.8) is 0 Å². The first kappa shape index (κ1) is 21.9. The Morgan fingerprint density at radius 2 is 1.68 bits per heavy atom. The van der Waals surface area contributed by atoms with Gasteiger partial charge in [-0.1, -0.05) is 17.3 Å². The molecule has 1 atom stereocenters. The number of hydrogen-bond donors (Lipinski definition) is 0. The van der Waals surface area contributed by atoms with Crippen LogP contribution in [0.1, 0.15) is 12.3 Å². The van der Waals surface area contributed by atoms with Crippen molar-refractivity contribution in [3.8, 4) is 22.9 Å². The summed E-state index contributed by atoms with van der Waals surface area (Å²) in [6.07, 6.45) is -0.168. The van der Waals surface area contributed by atoms with Crippen molar-refractivity contribution in [3.05, 3.63) is 60.2 Å². The second-order valence-corrected chi connectivity index (χ2v) is 8.09. The molecular weight excluding hydrogens is 443 g/mol. The van der Waals surface area contributed by atoms with Gasteiger partial charge in [0.1, 0.15) is 12.4 Å². The highest BCUT2D eigenvalue weighted by Crippen LogP contribution is 2.31. The van der Waals surface area contributed by atoms with E-state index in [2.05, 4.69) is 10.1 Å². The van der Waals surface area contributed by atoms with Crippen molar-refractivity contribution in [1.29, 1.82) is 0 Å². The number of nitrogens with zero attached hydrogens (tertiary/aromatic N) is 4. The third-order valence-corrected chi connectivity index (χ3v) is 5.85. The minimum Gasteiger partial charge on any atom is -0.485 e. The Labute approximate surface area is 195 Å². The fraction of sp³-hybridized carbons (Fsp3) is 0.333. The summed E-state index contributed by atoms with van der Waals surface area (Å²) in [4.78, 5) is 33.2. The van der Waals surface area contributed by atoms with Gasteiger partial charge in [-0.05, 0) is 36.4 Å². The van der Waals surface area contributed by atoms with Gasteiger partial charge in [0.15, 0.2) is 11.5 Å². The van der Waals surface area contributed by atoms with Crippen LogP contribution in [0, 0.1) is 5.82 Å². The average Bonchev–Trinajstić information content (AvgIpc) is 3.36. The Kier molecular flexibility index (Phi) is 6.11. The molecule has 5 rings (SSSR count). The van der Waals surface area contributed by atoms with Gasteiger partial charge in [0.2, 0.25) is 23.7 Å². The number of piperazine rings is 1. The highest BCUT2D eigenvalue weighted by atomic mass is 19.1. The first-order valence-corrected chi connectivity index (χ1v) is 11.1. The van der Waals surface area contributed by atoms with E-state index in [0.29, 0.717) is 61.4 Å². The van der Waals surface area contributed by atoms with Gasteiger partial charge in [-0.3, -0.25) is 9.59 Å². The first-order valence-electron chi connectivity index (χ1n) is 11.1. The highest BCUT2D eigenvalue weighted by Gasteiger charge is 2.33. The number of carbonyl (C=O) groups excluding carboxylic acids is 2. The fourth-order valence-corrected chi connectivity index (χ4v) is 3.97. The molecule has 1 aromatic heterocycles. The van der Waals surface area contributed by atoms with Gasteiger partial charge < -0.3 is 23.8 Å². The number of halogens is 1. The van der Waals surface area contributed by atoms with E-state index in [-0.39, 0.29) is 30.7 Å². The summed E-state index contributed by atoms with van der Waals surface area (Å²) in [5.74, 6) is 1.37. The van der Waals surface area contributed by atoms with Gasteiger partial charge in [-0.15, -0.1) is 0 Å². The molecule has 0 bridgehead atoms. The van der Waals surface area contributed by atoms with Crippen LogP contribution in [-0.2, 0) is 16.0 Å². The summed E-state index contributed by atoms with van der Waals surface area (Å²) >= 11 is 0. The van der Waals surface area contributed by atoms with Crippen molar-refractivity contribution >= 4 is 11.8 Å². The number of fused-ring (bicyclic) bond motifs is 1. The van der Waals surface area contributed by atoms with Crippen LogP contribution in [0.5, 0.6) is 11.5 Å². The molecule has 1 fully saturated rings. The van der Waals surface area contributed by atoms with Crippen LogP contribution in [0.3, 0.4) is 0 Å². The maximum atomic E-state index is 13.1. The van der Waals surface area contributed by atoms with E-state index in [1.54, 1.807) is 34.1 Å². The molecule has 0 unspecified atom stereocenters. The standard InChI is InChI=1S/C24H23FN4O5/c25-17-7-5-16(6-8-17)23-26-21(34-27-23)9-10-22(30)28-11-13-29(14-12-28)24(31)20-15-32-18-3-1-2-4-19(18)33-20/h1-8,20H,9-15H2/t20-/m0/s1. The van der Waals surface area contributed by atoms with Crippen LogP contribution in [0.2, 0.25) is 0 Å². The smallest absolute Gasteiger partial charge is 0.267 e. The average molecular weight is 466 g/mol. The Morgan fingerprint density at radius 3 is 2.44 bits per heavy atom. The van der Waals surface area contributed by atoms with Crippen LogP contribution in [0.4, 0.5) is 4.39 Å². The Balaban J connectivity index is 1.09. The molecule has 9 nitrogen and oxygen atoms in total. The molecule has 2 aliphatic rings. The molecule has 0 saturated carbocycles. The maximum Gasteiger partial charge on any atom is 0.267 e. The first-order chi connectivity index (χ1) is 16.6. The lowest BCUT2D eigenvalue weighted by molar-refractivity contribution is -0.146. The largest absolute Gasteiger partial charge is 0.485 e. The lowest BCUT2D eigenvalue weighted by Crippen LogP contribution is -2.55. The molecular formula is C24H23FN4O5. The number of carbonyl (C=O) groups is 2. The molecule has 0 aliphatic carbocycles. The predicted molar refractivity (Wildman–Crippen MR) is 118 cm³/mol. The number of benzene rings is 2. The molecule has 2 amide bonds. The Hall–Kier alpha value is -3.95. The summed E-state index contributed by atoms with van der Waals surface area (Å²) in [5.41, 5.74) is 0.638. The number of ether oxygens (including phenoxy) is 2. The van der Waals surface area contributed by atoms with Gasteiger partial charge in [-0.25, -0.2) is 4.39 Å². The molecule has 176 valence electrons. The van der Waals surface area contributed by atoms with Crippen molar-refractivity contribution in [2.45, 2.75) is 18.9 Å². The fourth-order valence-electron chi connectivity index (χ4n) is 3.97. The molecule has 2 aliphatic heterocycles. The molecule has 3 heterocycles. The molecule has 34 heavy (non-hydrogen) atoms. The van der Waals surface area contributed by atoms with Gasteiger partial charge in [-0.2, -0.15) is 4.98 Å². The Morgan fingerprint density at radius 1 is 0.971 bits per heavy atom. The second-order valence-electron chi connectivity index (χ2n) is 8.09. The number of amides is 2. The molecule has 1 saturated heterocycles. The Bertz CT molecular complexity index is 1170. The molecule has 3 aromatic rings. The van der Waals surface area contributed by atoms with E-state index in [9.17, 15) is 14.0 Å². The summed E-state index contributed by atoms with van der Waals surface area (Å²) in [7, 11) is 0. The monoisotopic (exact) mass is 466 g/mol. The van der Waals surface area contributed by atoms with E-state index in [0.717, 1.165) is 0 Å². The van der Waals surface area contributed by atoms with Gasteiger partial charge in [0.05, 0.1) is 0 Å². The number of aryl methyl sites for hydroxylation is 1. The maximum absolute atomic E-state index is 13.1. The van der Waals surface area contributed by atoms with Crippen LogP contribution in [0.25, 0.3) is 11.4 Å². The van der Waals surface area contributed by atoms with Crippen molar-refractivity contribution in [2.75, 3.05) is 32.8 Å². The van der Waals surface area contributed by atoms with E-state index < -0.39 is 6.10 Å². The zero-order valence-corrected chi connectivity index (χ0v) is 18.4. The summed E-state index contributed by atoms with van der Waals surface area (Å²) < 4.78 is 29.7. The zero-order valence-electron chi connectivity index (χ0n) is 18.4. The number of para-hydroxylation sites is 2. The predicted octanol–water partition coefficient (Wildman–Crippen LogP) is 2.32. The van der Waals surface area contributed by atoms with E-state index in [1.165, 1.54) is 12.1 Å². The third kappa shape index (κ3) is 4.70. The van der Waals surface area contributed by atoms with E-state index >= 15 is 0 Å². The number of hydrogen-bond acceptors (Lipinski definition) is 7. The van der Waals surface area contributed by atoms with Crippen molar-refractivity contribution in [2.24, 2.45) is 0 Å². The molecule has 10 heteroatoms. The summed E-state index contributed by atoms with van der Waals surface area (Å²) in [6, 6.07) is 13.0. The quantitative estimate of drug-likeness (QED) is 0.569. The minimum absolute atomic E-state index is 0.0418. The lowest BCUT2D eigenvalue weighted by atomic mass is 10.2. The SMILES string of the molecule is O=C(CCc1nc(-c2ccc(F)cc2)no1)N1CCN(C(=O)[C@@H]2COc3ccccc3O2)CC1. The minimum atomic E-state index is -0.690. The van der Waals surface area contributed by atoms with Gasteiger partial charge in [0, 0.05) is 44.6 Å². The normalized spacial score (nSPS) is 17.5. The van der Waals surface area contributed by atoms with E-state index in [4.69, 9.17) is 14.0 Å². The molecule has 0 radical (unpaired) electrons. The number of rotatable bonds is 5. The summed E-state index contributed by atoms with van der Waals surface area (Å²) in [6.45, 7) is 1.92. The second kappa shape index (κ2) is 9.50. The van der Waals surface area contributed by atoms with Gasteiger partial charge in [0.25, 0.3) is 5.91 Å². The topological polar surface area (TPSA) is 98.0 Å². The van der Waals surface area contributed by atoms with E-state index in [1.807, 2.05) is 12.1 Å². The van der Waals surface area contributed by atoms with Crippen molar-refractivity contribution in [1.82, 2.24) is 19.9 Å². The zero-order chi connectivity index (χ0) is 23.5. The third-order valence-electron chi connectivity index (χ3n) is 5.85.